The number of carbonyl (C=O) groups excluding carboxylic acids is 2. The van der Waals surface area contributed by atoms with Gasteiger partial charge in [0.25, 0.3) is 5.91 Å². The zero-order valence-corrected chi connectivity index (χ0v) is 14.6. The molecule has 1 N–H and O–H groups in total. The number of nitrogens with one attached hydrogen (secondary N) is 1. The molecule has 9 heteroatoms. The molecule has 0 radical (unpaired) electrons. The third kappa shape index (κ3) is 4.80. The van der Waals surface area contributed by atoms with Crippen LogP contribution in [0.1, 0.15) is 20.9 Å². The van der Waals surface area contributed by atoms with Gasteiger partial charge < -0.3 is 19.2 Å². The Morgan fingerprint density at radius 1 is 1.21 bits per heavy atom. The van der Waals surface area contributed by atoms with E-state index in [1.165, 1.54) is 37.6 Å². The van der Waals surface area contributed by atoms with Crippen molar-refractivity contribution >= 4 is 46.7 Å². The maximum Gasteiger partial charge on any atom is 0.337 e. The molecule has 0 saturated heterocycles. The van der Waals surface area contributed by atoms with Gasteiger partial charge in [0.1, 0.15) is 5.75 Å². The van der Waals surface area contributed by atoms with Crippen LogP contribution < -0.4 is 10.1 Å². The van der Waals surface area contributed by atoms with E-state index in [0.29, 0.717) is 0 Å². The summed E-state index contributed by atoms with van der Waals surface area (Å²) < 4.78 is 13.1. The second-order valence-corrected chi connectivity index (χ2v) is 6.88. The van der Waals surface area contributed by atoms with Gasteiger partial charge in [0, 0.05) is 0 Å². The second-order valence-electron chi connectivity index (χ2n) is 4.51. The van der Waals surface area contributed by atoms with Gasteiger partial charge in [0.05, 0.1) is 18.9 Å². The minimum atomic E-state index is -1.97. The summed E-state index contributed by atoms with van der Waals surface area (Å²) in [4.78, 5) is 23.6. The molecular formula is C15H12Cl3NO5. The molecule has 0 spiro atoms. The minimum Gasteiger partial charge on any atom is -0.466 e. The summed E-state index contributed by atoms with van der Waals surface area (Å²) in [6, 6.07) is 9.02. The molecule has 0 aliphatic carbocycles. The van der Waals surface area contributed by atoms with E-state index >= 15 is 0 Å². The zero-order valence-electron chi connectivity index (χ0n) is 12.3. The molecule has 1 heterocycles. The molecule has 0 fully saturated rings. The average molecular weight is 393 g/mol. The molecule has 1 aromatic carbocycles. The van der Waals surface area contributed by atoms with Crippen LogP contribution in [0.2, 0.25) is 0 Å². The third-order valence-electron chi connectivity index (χ3n) is 2.81. The van der Waals surface area contributed by atoms with Gasteiger partial charge in [-0.2, -0.15) is 0 Å². The van der Waals surface area contributed by atoms with Crippen LogP contribution in [0.15, 0.2) is 47.1 Å². The highest BCUT2D eigenvalue weighted by Gasteiger charge is 2.37. The summed E-state index contributed by atoms with van der Waals surface area (Å²) in [6.07, 6.45) is 0.00735. The molecule has 0 bridgehead atoms. The maximum atomic E-state index is 12.0. The Balaban J connectivity index is 2.18. The van der Waals surface area contributed by atoms with Crippen LogP contribution in [-0.4, -0.2) is 29.0 Å². The Morgan fingerprint density at radius 2 is 1.96 bits per heavy atom. The summed E-state index contributed by atoms with van der Waals surface area (Å²) in [6.45, 7) is 0. The van der Waals surface area contributed by atoms with Gasteiger partial charge in [0.15, 0.2) is 5.76 Å². The number of methoxy groups -OCH3 is 1. The highest BCUT2D eigenvalue weighted by molar-refractivity contribution is 6.68. The first kappa shape index (κ1) is 18.4. The van der Waals surface area contributed by atoms with E-state index < -0.39 is 21.9 Å². The van der Waals surface area contributed by atoms with Crippen molar-refractivity contribution in [1.82, 2.24) is 5.32 Å². The zero-order chi connectivity index (χ0) is 17.7. The number of halogens is 3. The number of carbonyl (C=O) groups is 2. The van der Waals surface area contributed by atoms with Crippen molar-refractivity contribution in [2.75, 3.05) is 7.11 Å². The summed E-state index contributed by atoms with van der Waals surface area (Å²) in [5.41, 5.74) is 0.246. The van der Waals surface area contributed by atoms with E-state index in [1.807, 2.05) is 0 Å². The lowest BCUT2D eigenvalue weighted by Gasteiger charge is -2.26. The molecule has 2 aromatic rings. The van der Waals surface area contributed by atoms with Crippen LogP contribution in [0, 0.1) is 0 Å². The number of benzene rings is 1. The van der Waals surface area contributed by atoms with Gasteiger partial charge in [-0.1, -0.05) is 40.9 Å². The van der Waals surface area contributed by atoms with Gasteiger partial charge >= 0.3 is 5.97 Å². The van der Waals surface area contributed by atoms with E-state index in [1.54, 1.807) is 12.1 Å². The Bertz CT molecular complexity index is 712. The summed E-state index contributed by atoms with van der Waals surface area (Å²) >= 11 is 17.6. The van der Waals surface area contributed by atoms with Gasteiger partial charge in [0.2, 0.25) is 10.0 Å². The second kappa shape index (κ2) is 7.79. The fourth-order valence-electron chi connectivity index (χ4n) is 1.73. The predicted octanol–water partition coefficient (Wildman–Crippen LogP) is 3.57. The molecular weight excluding hydrogens is 381 g/mol. The van der Waals surface area contributed by atoms with E-state index in [-0.39, 0.29) is 17.1 Å². The highest BCUT2D eigenvalue weighted by atomic mass is 35.6. The predicted molar refractivity (Wildman–Crippen MR) is 88.7 cm³/mol. The maximum absolute atomic E-state index is 12.0. The molecule has 1 aromatic heterocycles. The Hall–Kier alpha value is -1.89. The van der Waals surface area contributed by atoms with E-state index in [9.17, 15) is 9.59 Å². The van der Waals surface area contributed by atoms with Crippen molar-refractivity contribution in [3.63, 3.8) is 0 Å². The summed E-state index contributed by atoms with van der Waals surface area (Å²) in [5, 5.41) is 2.40. The molecule has 128 valence electrons. The van der Waals surface area contributed by atoms with Crippen LogP contribution >= 0.6 is 34.8 Å². The Morgan fingerprint density at radius 3 is 2.54 bits per heavy atom. The van der Waals surface area contributed by atoms with Gasteiger partial charge in [-0.25, -0.2) is 4.79 Å². The number of alkyl halides is 3. The van der Waals surface area contributed by atoms with Gasteiger partial charge in [-0.15, -0.1) is 0 Å². The first-order valence-corrected chi connectivity index (χ1v) is 7.71. The quantitative estimate of drug-likeness (QED) is 0.478. The lowest BCUT2D eigenvalue weighted by molar-refractivity contribution is 0.0598. The Labute approximate surface area is 152 Å². The van der Waals surface area contributed by atoms with E-state index in [2.05, 4.69) is 10.1 Å². The SMILES string of the molecule is COC(=O)c1cccc(O[C@H](NC(=O)c2ccco2)C(Cl)(Cl)Cl)c1. The number of rotatable bonds is 5. The molecule has 6 nitrogen and oxygen atoms in total. The summed E-state index contributed by atoms with van der Waals surface area (Å²) in [5.74, 6) is -0.943. The molecule has 0 aliphatic rings. The molecule has 0 unspecified atom stereocenters. The van der Waals surface area contributed by atoms with Crippen molar-refractivity contribution in [2.24, 2.45) is 0 Å². The molecule has 1 amide bonds. The normalized spacial score (nSPS) is 12.3. The van der Waals surface area contributed by atoms with E-state index in [4.69, 9.17) is 44.0 Å². The average Bonchev–Trinajstić information content (AvgIpc) is 3.07. The van der Waals surface area contributed by atoms with Crippen molar-refractivity contribution in [2.45, 2.75) is 10.0 Å². The van der Waals surface area contributed by atoms with Crippen LogP contribution in [0.25, 0.3) is 0 Å². The lowest BCUT2D eigenvalue weighted by atomic mass is 10.2. The molecule has 0 aliphatic heterocycles. The number of amides is 1. The number of hydrogen-bond donors (Lipinski definition) is 1. The van der Waals surface area contributed by atoms with Crippen molar-refractivity contribution in [1.29, 1.82) is 0 Å². The molecule has 0 saturated carbocycles. The van der Waals surface area contributed by atoms with Gasteiger partial charge in [-0.3, -0.25) is 4.79 Å². The number of esters is 1. The summed E-state index contributed by atoms with van der Waals surface area (Å²) in [7, 11) is 1.25. The molecule has 2 rings (SSSR count). The van der Waals surface area contributed by atoms with Crippen molar-refractivity contribution < 1.29 is 23.5 Å². The third-order valence-corrected chi connectivity index (χ3v) is 3.41. The largest absolute Gasteiger partial charge is 0.466 e. The standard InChI is InChI=1S/C15H12Cl3NO5/c1-22-13(21)9-4-2-5-10(8-9)24-14(15(16,17)18)19-12(20)11-6-3-7-23-11/h2-8,14H,1H3,(H,19,20)/t14-/m0/s1. The smallest absolute Gasteiger partial charge is 0.337 e. The first-order valence-electron chi connectivity index (χ1n) is 6.57. The molecule has 24 heavy (non-hydrogen) atoms. The van der Waals surface area contributed by atoms with Crippen LogP contribution in [0.5, 0.6) is 5.75 Å². The van der Waals surface area contributed by atoms with Crippen molar-refractivity contribution in [3.05, 3.63) is 54.0 Å². The number of furan rings is 1. The van der Waals surface area contributed by atoms with Gasteiger partial charge in [-0.05, 0) is 30.3 Å². The lowest BCUT2D eigenvalue weighted by Crippen LogP contribution is -2.47. The fourth-order valence-corrected chi connectivity index (χ4v) is 2.02. The van der Waals surface area contributed by atoms with Crippen molar-refractivity contribution in [3.8, 4) is 5.75 Å². The first-order chi connectivity index (χ1) is 11.3. The highest BCUT2D eigenvalue weighted by Crippen LogP contribution is 2.32. The number of ether oxygens (including phenoxy) is 2. The fraction of sp³-hybridized carbons (Fsp3) is 0.200. The Kier molecular flexibility index (Phi) is 5.99. The van der Waals surface area contributed by atoms with Crippen LogP contribution in [-0.2, 0) is 4.74 Å². The minimum absolute atomic E-state index is 0.0289. The van der Waals surface area contributed by atoms with Crippen LogP contribution in [0.4, 0.5) is 0 Å². The molecule has 1 atom stereocenters. The van der Waals surface area contributed by atoms with E-state index in [0.717, 1.165) is 0 Å². The topological polar surface area (TPSA) is 77.8 Å². The number of hydrogen-bond acceptors (Lipinski definition) is 5. The van der Waals surface area contributed by atoms with Crippen LogP contribution in [0.3, 0.4) is 0 Å². The monoisotopic (exact) mass is 391 g/mol.